The highest BCUT2D eigenvalue weighted by molar-refractivity contribution is 6.00. The van der Waals surface area contributed by atoms with Crippen molar-refractivity contribution in [3.05, 3.63) is 92.6 Å². The maximum absolute atomic E-state index is 16.6. The molecular formula is C62H75N3O5. The summed E-state index contributed by atoms with van der Waals surface area (Å²) in [5.74, 6) is 4.21. The predicted molar refractivity (Wildman–Crippen MR) is 265 cm³/mol. The number of piperidine rings is 3. The van der Waals surface area contributed by atoms with Crippen LogP contribution in [0.25, 0.3) is 0 Å². The van der Waals surface area contributed by atoms with Crippen molar-refractivity contribution < 1.29 is 24.2 Å². The number of carbonyl (C=O) groups is 2. The molecule has 8 fully saturated rings. The number of nitrogens with zero attached hydrogens (tertiary/aromatic N) is 2. The van der Waals surface area contributed by atoms with E-state index in [-0.39, 0.29) is 47.1 Å². The molecule has 1 aromatic carbocycles. The average Bonchev–Trinajstić information content (AvgIpc) is 4.01. The van der Waals surface area contributed by atoms with Crippen LogP contribution in [0.5, 0.6) is 0 Å². The number of nitrogens with two attached hydrogens (primary N) is 1. The summed E-state index contributed by atoms with van der Waals surface area (Å²) in [5.41, 5.74) is 14.1. The highest BCUT2D eigenvalue weighted by Crippen LogP contribution is 2.89. The van der Waals surface area contributed by atoms with Gasteiger partial charge in [-0.1, -0.05) is 73.4 Å². The van der Waals surface area contributed by atoms with Crippen molar-refractivity contribution in [3.8, 4) is 0 Å². The number of carbonyl (C=O) groups excluding carboxylic acids is 2. The van der Waals surface area contributed by atoms with Crippen LogP contribution in [0.2, 0.25) is 0 Å². The quantitative estimate of drug-likeness (QED) is 0.227. The maximum Gasteiger partial charge on any atom is 0.339 e. The zero-order valence-corrected chi connectivity index (χ0v) is 41.9. The number of esters is 2. The van der Waals surface area contributed by atoms with Crippen molar-refractivity contribution in [2.45, 2.75) is 166 Å². The largest absolute Gasteiger partial charge is 0.508 e. The topological polar surface area (TPSA) is 105 Å². The molecule has 1 aromatic rings. The number of aryl methyl sites for hydroxylation is 1. The Labute approximate surface area is 415 Å². The Balaban J connectivity index is 0.967. The maximum atomic E-state index is 16.6. The van der Waals surface area contributed by atoms with E-state index < -0.39 is 16.4 Å². The molecule has 7 aliphatic heterocycles. The molecule has 16 aliphatic rings. The van der Waals surface area contributed by atoms with Gasteiger partial charge in [-0.2, -0.15) is 0 Å². The molecule has 0 aromatic heterocycles. The molecule has 0 unspecified atom stereocenters. The number of fused-ring (bicyclic) bond motifs is 9. The van der Waals surface area contributed by atoms with Crippen LogP contribution in [-0.2, 0) is 26.3 Å². The summed E-state index contributed by atoms with van der Waals surface area (Å²) in [7, 11) is 0. The van der Waals surface area contributed by atoms with Crippen molar-refractivity contribution in [1.29, 1.82) is 0 Å². The van der Waals surface area contributed by atoms with Crippen LogP contribution in [0.15, 0.2) is 75.9 Å². The third-order valence-corrected chi connectivity index (χ3v) is 25.5. The van der Waals surface area contributed by atoms with Gasteiger partial charge in [0, 0.05) is 66.1 Å². The lowest BCUT2D eigenvalue weighted by molar-refractivity contribution is -0.283. The van der Waals surface area contributed by atoms with Crippen molar-refractivity contribution in [2.75, 3.05) is 19.6 Å². The minimum Gasteiger partial charge on any atom is -0.508 e. The monoisotopic (exact) mass is 942 g/mol. The van der Waals surface area contributed by atoms with Crippen LogP contribution in [0.3, 0.4) is 0 Å². The van der Waals surface area contributed by atoms with Crippen molar-refractivity contribution in [2.24, 2.45) is 92.5 Å². The molecule has 3 N–H and O–H groups in total. The van der Waals surface area contributed by atoms with Gasteiger partial charge in [0.25, 0.3) is 0 Å². The van der Waals surface area contributed by atoms with E-state index in [4.69, 9.17) is 15.2 Å². The van der Waals surface area contributed by atoms with Crippen LogP contribution in [0, 0.1) is 86.8 Å². The molecule has 8 heteroatoms. The molecule has 8 nitrogen and oxygen atoms in total. The number of aliphatic hydroxyl groups excluding tert-OH is 1. The molecule has 11 bridgehead atoms. The lowest BCUT2D eigenvalue weighted by Gasteiger charge is -2.74. The summed E-state index contributed by atoms with van der Waals surface area (Å²) in [5, 5.41) is 14.2. The minimum absolute atomic E-state index is 0.142. The molecule has 0 amide bonds. The molecule has 4 saturated heterocycles. The molecule has 70 heavy (non-hydrogen) atoms. The Morgan fingerprint density at radius 2 is 1.80 bits per heavy atom. The van der Waals surface area contributed by atoms with Gasteiger partial charge in [-0.15, -0.1) is 0 Å². The van der Waals surface area contributed by atoms with Gasteiger partial charge < -0.3 is 25.2 Å². The Morgan fingerprint density at radius 1 is 0.900 bits per heavy atom. The lowest BCUT2D eigenvalue weighted by Crippen LogP contribution is -2.78. The molecule has 17 rings (SSSR count). The van der Waals surface area contributed by atoms with Gasteiger partial charge in [-0.05, 0) is 192 Å². The number of aliphatic hydroxyl groups is 1. The van der Waals surface area contributed by atoms with Crippen molar-refractivity contribution in [3.63, 3.8) is 0 Å². The van der Waals surface area contributed by atoms with E-state index in [0.717, 1.165) is 62.6 Å². The third kappa shape index (κ3) is 4.48. The highest BCUT2D eigenvalue weighted by Gasteiger charge is 2.94. The Hall–Kier alpha value is -3.62. The molecule has 19 atom stereocenters. The van der Waals surface area contributed by atoms with Gasteiger partial charge in [-0.3, -0.25) is 9.69 Å². The van der Waals surface area contributed by atoms with E-state index in [0.29, 0.717) is 95.4 Å². The Morgan fingerprint density at radius 3 is 2.70 bits per heavy atom. The first-order valence-corrected chi connectivity index (χ1v) is 29.1. The van der Waals surface area contributed by atoms with E-state index >= 15 is 9.59 Å². The van der Waals surface area contributed by atoms with Crippen LogP contribution < -0.4 is 5.73 Å². The number of hydrogen-bond acceptors (Lipinski definition) is 8. The van der Waals surface area contributed by atoms with E-state index in [1.165, 1.54) is 82.7 Å². The molecular weight excluding hydrogens is 867 g/mol. The first kappa shape index (κ1) is 41.8. The van der Waals surface area contributed by atoms with Crippen molar-refractivity contribution >= 4 is 11.9 Å². The fourth-order valence-corrected chi connectivity index (χ4v) is 23.7. The summed E-state index contributed by atoms with van der Waals surface area (Å²) in [6.07, 6.45) is 29.8. The number of ether oxygens (including phenoxy) is 2. The highest BCUT2D eigenvalue weighted by atomic mass is 16.6. The summed E-state index contributed by atoms with van der Waals surface area (Å²) in [4.78, 5) is 37.9. The Bertz CT molecular complexity index is 2780. The first-order chi connectivity index (χ1) is 34.1. The molecule has 4 saturated carbocycles. The normalized spacial score (nSPS) is 52.8. The Kier molecular flexibility index (Phi) is 8.10. The van der Waals surface area contributed by atoms with E-state index in [2.05, 4.69) is 60.1 Å². The van der Waals surface area contributed by atoms with Gasteiger partial charge in [0.1, 0.15) is 11.2 Å². The second-order valence-corrected chi connectivity index (χ2v) is 27.5. The summed E-state index contributed by atoms with van der Waals surface area (Å²) >= 11 is 0. The minimum atomic E-state index is -1.14. The van der Waals surface area contributed by atoms with Crippen LogP contribution >= 0.6 is 0 Å². The molecule has 9 aliphatic carbocycles. The SMILES string of the molecule is C[C@@H]1/C=C2/CC[C@@]34C[C@@H]2C2=C5CC[C@@]67/C(=C(\O)[C@@H]8CC[C@@H]9[C@H]%10C[C@@H](CN9[C@H]8[C@H]8C[C@@H]9C=C[C@H]%11CCC[C@]%11(C9)C8)[C@@H]8CCC(=C([C@@H]53)N8C%10)C[C@H]4C)OC(=O)[C@@]26[C@H](C1)[C@@]71OC(=O)c2c(CCCN)cccc21. The number of benzene rings is 1. The fraction of sp³-hybridized carbons (Fsp3) is 0.710. The third-order valence-electron chi connectivity index (χ3n) is 25.5. The van der Waals surface area contributed by atoms with E-state index in [1.54, 1.807) is 22.4 Å². The molecule has 368 valence electrons. The van der Waals surface area contributed by atoms with Crippen LogP contribution in [0.4, 0.5) is 0 Å². The van der Waals surface area contributed by atoms with Gasteiger partial charge in [-0.25, -0.2) is 4.79 Å². The average molecular weight is 942 g/mol. The molecule has 0 radical (unpaired) electrons. The number of hydrogen-bond donors (Lipinski definition) is 2. The standard InChI is InChI=1S/C62H75N3O5/c1-32-22-36-16-19-59-29-44(36)50-42-17-20-60-55(69-57(68)61(50,60)48(23-32)62(60)45-9-3-6-35(7-5-21-63)49(45)56(67)70-62)54(66)43-13-15-47-40-26-39(46-14-11-37(24-33(59)2)53(51(42)59)65(46)31-40)30-64(47)52(43)38-25-34-10-12-41-8-4-18-58(41,27-34)28-38/h3,6,9-10,12,22,32-34,38-41,43-44,46-48,51-52,66H,4-5,7-8,11,13-21,23-31,63H2,1-2H3/b36-22-,55-54+/t32-,33-,34+,38+,39+,40+,41-,43-,44+,46+,47-,48+,51-,52+,58+,59+,60-,61-,62-/m1/s1. The van der Waals surface area contributed by atoms with Gasteiger partial charge in [0.05, 0.1) is 11.0 Å². The smallest absolute Gasteiger partial charge is 0.339 e. The summed E-state index contributed by atoms with van der Waals surface area (Å²) in [6, 6.07) is 7.66. The fourth-order valence-electron chi connectivity index (χ4n) is 23.7. The first-order valence-electron chi connectivity index (χ1n) is 29.1. The predicted octanol–water partition coefficient (Wildman–Crippen LogP) is 11.0. The zero-order chi connectivity index (χ0) is 46.6. The van der Waals surface area contributed by atoms with E-state index in [9.17, 15) is 5.11 Å². The number of allylic oxidation sites excluding steroid dienone is 6. The molecule has 7 heterocycles. The summed E-state index contributed by atoms with van der Waals surface area (Å²) in [6.45, 7) is 7.83. The lowest BCUT2D eigenvalue weighted by atomic mass is 9.26. The summed E-state index contributed by atoms with van der Waals surface area (Å²) < 4.78 is 14.7. The molecule has 5 spiro atoms. The van der Waals surface area contributed by atoms with Crippen molar-refractivity contribution in [1.82, 2.24) is 9.80 Å². The van der Waals surface area contributed by atoms with Crippen LogP contribution in [-0.4, -0.2) is 64.6 Å². The van der Waals surface area contributed by atoms with Gasteiger partial charge in [0.15, 0.2) is 11.4 Å². The zero-order valence-electron chi connectivity index (χ0n) is 41.9. The van der Waals surface area contributed by atoms with Gasteiger partial charge >= 0.3 is 11.9 Å². The second-order valence-electron chi connectivity index (χ2n) is 27.5. The van der Waals surface area contributed by atoms with Crippen LogP contribution in [0.1, 0.15) is 157 Å². The number of rotatable bonds is 4. The van der Waals surface area contributed by atoms with E-state index in [1.807, 2.05) is 0 Å². The van der Waals surface area contributed by atoms with Gasteiger partial charge in [0.2, 0.25) is 0 Å². The second kappa shape index (κ2) is 13.6.